The first-order chi connectivity index (χ1) is 13.8. The van der Waals surface area contributed by atoms with Crippen molar-refractivity contribution in [2.24, 2.45) is 11.7 Å². The van der Waals surface area contributed by atoms with E-state index < -0.39 is 29.8 Å². The SMILES string of the molecule is CC(C)C[C@H](NC(=O)[C@H](Cc1ccccc1)NC(=O)C=Cc1ccco1)C(N)=O. The third-order valence-electron chi connectivity index (χ3n) is 4.22. The number of rotatable bonds is 10. The molecule has 7 heteroatoms. The first-order valence-electron chi connectivity index (χ1n) is 9.51. The summed E-state index contributed by atoms with van der Waals surface area (Å²) in [6.45, 7) is 3.87. The Morgan fingerprint density at radius 1 is 1.03 bits per heavy atom. The average Bonchev–Trinajstić information content (AvgIpc) is 3.19. The normalized spacial score (nSPS) is 13.2. The van der Waals surface area contributed by atoms with Crippen LogP contribution in [0.15, 0.2) is 59.2 Å². The lowest BCUT2D eigenvalue weighted by Crippen LogP contribution is -2.53. The highest BCUT2D eigenvalue weighted by molar-refractivity contribution is 5.96. The van der Waals surface area contributed by atoms with Gasteiger partial charge in [-0.05, 0) is 36.1 Å². The van der Waals surface area contributed by atoms with Crippen LogP contribution in [0.1, 0.15) is 31.6 Å². The van der Waals surface area contributed by atoms with Crippen LogP contribution in [-0.4, -0.2) is 29.8 Å². The monoisotopic (exact) mass is 397 g/mol. The number of benzene rings is 1. The topological polar surface area (TPSA) is 114 Å². The highest BCUT2D eigenvalue weighted by Crippen LogP contribution is 2.08. The molecule has 1 aromatic heterocycles. The van der Waals surface area contributed by atoms with E-state index in [1.807, 2.05) is 44.2 Å². The Kier molecular flexibility index (Phi) is 8.21. The minimum atomic E-state index is -0.861. The largest absolute Gasteiger partial charge is 0.465 e. The van der Waals surface area contributed by atoms with Crippen molar-refractivity contribution in [1.82, 2.24) is 10.6 Å². The minimum Gasteiger partial charge on any atom is -0.465 e. The molecule has 29 heavy (non-hydrogen) atoms. The fourth-order valence-electron chi connectivity index (χ4n) is 2.81. The Balaban J connectivity index is 2.11. The van der Waals surface area contributed by atoms with Crippen LogP contribution in [0, 0.1) is 5.92 Å². The van der Waals surface area contributed by atoms with Gasteiger partial charge < -0.3 is 20.8 Å². The summed E-state index contributed by atoms with van der Waals surface area (Å²) in [6, 6.07) is 11.1. The lowest BCUT2D eigenvalue weighted by molar-refractivity contribution is -0.130. The van der Waals surface area contributed by atoms with Crippen LogP contribution in [0.5, 0.6) is 0 Å². The van der Waals surface area contributed by atoms with Gasteiger partial charge in [0.25, 0.3) is 0 Å². The Labute approximate surface area is 170 Å². The van der Waals surface area contributed by atoms with Gasteiger partial charge in [-0.1, -0.05) is 44.2 Å². The molecule has 0 fully saturated rings. The van der Waals surface area contributed by atoms with Crippen molar-refractivity contribution >= 4 is 23.8 Å². The zero-order valence-corrected chi connectivity index (χ0v) is 16.6. The summed E-state index contributed by atoms with van der Waals surface area (Å²) in [5.41, 5.74) is 6.30. The number of primary amides is 1. The molecule has 4 N–H and O–H groups in total. The second kappa shape index (κ2) is 10.8. The third-order valence-corrected chi connectivity index (χ3v) is 4.22. The number of hydrogen-bond acceptors (Lipinski definition) is 4. The molecule has 2 atom stereocenters. The van der Waals surface area contributed by atoms with Gasteiger partial charge >= 0.3 is 0 Å². The zero-order chi connectivity index (χ0) is 21.2. The van der Waals surface area contributed by atoms with Crippen molar-refractivity contribution in [1.29, 1.82) is 0 Å². The number of amides is 3. The Bertz CT molecular complexity index is 829. The fourth-order valence-corrected chi connectivity index (χ4v) is 2.81. The van der Waals surface area contributed by atoms with Gasteiger partial charge in [0.05, 0.1) is 6.26 Å². The second-order valence-corrected chi connectivity index (χ2v) is 7.19. The van der Waals surface area contributed by atoms with Gasteiger partial charge in [-0.2, -0.15) is 0 Å². The molecule has 0 unspecified atom stereocenters. The van der Waals surface area contributed by atoms with Crippen molar-refractivity contribution in [2.75, 3.05) is 0 Å². The lowest BCUT2D eigenvalue weighted by Gasteiger charge is -2.22. The van der Waals surface area contributed by atoms with E-state index in [-0.39, 0.29) is 12.3 Å². The molecule has 0 spiro atoms. The predicted octanol–water partition coefficient (Wildman–Crippen LogP) is 2.04. The van der Waals surface area contributed by atoms with E-state index in [4.69, 9.17) is 10.2 Å². The zero-order valence-electron chi connectivity index (χ0n) is 16.6. The lowest BCUT2D eigenvalue weighted by atomic mass is 10.0. The standard InChI is InChI=1S/C22H27N3O4/c1-15(2)13-18(21(23)27)25-22(28)19(14-16-7-4-3-5-8-16)24-20(26)11-10-17-9-6-12-29-17/h3-12,15,18-19H,13-14H2,1-2H3,(H2,23,27)(H,24,26)(H,25,28)/t18-,19-/m0/s1. The summed E-state index contributed by atoms with van der Waals surface area (Å²) < 4.78 is 5.15. The van der Waals surface area contributed by atoms with Crippen molar-refractivity contribution < 1.29 is 18.8 Å². The summed E-state index contributed by atoms with van der Waals surface area (Å²) in [4.78, 5) is 36.9. The van der Waals surface area contributed by atoms with E-state index in [1.165, 1.54) is 18.4 Å². The molecule has 1 heterocycles. The second-order valence-electron chi connectivity index (χ2n) is 7.19. The fraction of sp³-hybridized carbons (Fsp3) is 0.318. The molecule has 0 saturated heterocycles. The van der Waals surface area contributed by atoms with Crippen LogP contribution in [-0.2, 0) is 20.8 Å². The highest BCUT2D eigenvalue weighted by Gasteiger charge is 2.26. The molecule has 154 valence electrons. The molecule has 2 aromatic rings. The molecular formula is C22H27N3O4. The first-order valence-corrected chi connectivity index (χ1v) is 9.51. The number of carbonyl (C=O) groups excluding carboxylic acids is 3. The van der Waals surface area contributed by atoms with Gasteiger partial charge in [-0.25, -0.2) is 0 Å². The number of furan rings is 1. The van der Waals surface area contributed by atoms with Crippen LogP contribution >= 0.6 is 0 Å². The molecule has 0 saturated carbocycles. The molecule has 1 aromatic carbocycles. The number of carbonyl (C=O) groups is 3. The van der Waals surface area contributed by atoms with E-state index in [0.29, 0.717) is 12.2 Å². The van der Waals surface area contributed by atoms with Crippen LogP contribution < -0.4 is 16.4 Å². The summed E-state index contributed by atoms with van der Waals surface area (Å²) in [5.74, 6) is -0.814. The maximum atomic E-state index is 12.8. The van der Waals surface area contributed by atoms with E-state index in [2.05, 4.69) is 10.6 Å². The van der Waals surface area contributed by atoms with Gasteiger partial charge in [-0.15, -0.1) is 0 Å². The Morgan fingerprint density at radius 3 is 2.34 bits per heavy atom. The minimum absolute atomic E-state index is 0.172. The van der Waals surface area contributed by atoms with E-state index in [0.717, 1.165) is 5.56 Å². The van der Waals surface area contributed by atoms with Crippen LogP contribution in [0.2, 0.25) is 0 Å². The third kappa shape index (κ3) is 7.65. The average molecular weight is 397 g/mol. The van der Waals surface area contributed by atoms with Crippen molar-refractivity contribution in [3.05, 3.63) is 66.1 Å². The van der Waals surface area contributed by atoms with Crippen LogP contribution in [0.3, 0.4) is 0 Å². The number of nitrogens with two attached hydrogens (primary N) is 1. The van der Waals surface area contributed by atoms with Crippen LogP contribution in [0.4, 0.5) is 0 Å². The van der Waals surface area contributed by atoms with Gasteiger partial charge in [-0.3, -0.25) is 14.4 Å². The molecule has 7 nitrogen and oxygen atoms in total. The number of hydrogen-bond donors (Lipinski definition) is 3. The molecule has 2 rings (SSSR count). The molecule has 0 radical (unpaired) electrons. The van der Waals surface area contributed by atoms with E-state index in [1.54, 1.807) is 12.1 Å². The summed E-state index contributed by atoms with van der Waals surface area (Å²) in [7, 11) is 0. The quantitative estimate of drug-likeness (QED) is 0.532. The van der Waals surface area contributed by atoms with E-state index >= 15 is 0 Å². The van der Waals surface area contributed by atoms with Crippen molar-refractivity contribution in [3.63, 3.8) is 0 Å². The van der Waals surface area contributed by atoms with Crippen LogP contribution in [0.25, 0.3) is 6.08 Å². The summed E-state index contributed by atoms with van der Waals surface area (Å²) in [6.07, 6.45) is 5.01. The van der Waals surface area contributed by atoms with Gasteiger partial charge in [0.15, 0.2) is 0 Å². The highest BCUT2D eigenvalue weighted by atomic mass is 16.3. The summed E-state index contributed by atoms with van der Waals surface area (Å²) >= 11 is 0. The first kappa shape index (κ1) is 21.9. The van der Waals surface area contributed by atoms with Gasteiger partial charge in [0.1, 0.15) is 17.8 Å². The molecule has 0 bridgehead atoms. The smallest absolute Gasteiger partial charge is 0.244 e. The van der Waals surface area contributed by atoms with Crippen molar-refractivity contribution in [2.45, 2.75) is 38.8 Å². The molecule has 0 aliphatic rings. The Morgan fingerprint density at radius 2 is 1.76 bits per heavy atom. The number of nitrogens with one attached hydrogen (secondary N) is 2. The molecule has 0 aliphatic heterocycles. The van der Waals surface area contributed by atoms with Gasteiger partial charge in [0, 0.05) is 12.5 Å². The summed E-state index contributed by atoms with van der Waals surface area (Å²) in [5, 5.41) is 5.37. The molecular weight excluding hydrogens is 370 g/mol. The molecule has 3 amide bonds. The van der Waals surface area contributed by atoms with Crippen molar-refractivity contribution in [3.8, 4) is 0 Å². The maximum Gasteiger partial charge on any atom is 0.244 e. The predicted molar refractivity (Wildman–Crippen MR) is 110 cm³/mol. The molecule has 0 aliphatic carbocycles. The van der Waals surface area contributed by atoms with Gasteiger partial charge in [0.2, 0.25) is 17.7 Å². The van der Waals surface area contributed by atoms with E-state index in [9.17, 15) is 14.4 Å². The Hall–Kier alpha value is -3.35. The maximum absolute atomic E-state index is 12.8.